The highest BCUT2D eigenvalue weighted by molar-refractivity contribution is 5.22. The zero-order chi connectivity index (χ0) is 13.7. The number of hydrogen-bond acceptors (Lipinski definition) is 2. The molecule has 0 aromatic heterocycles. The minimum absolute atomic E-state index is 0.636. The number of benzene rings is 1. The maximum atomic E-state index is 5.63. The van der Waals surface area contributed by atoms with Crippen LogP contribution in [0, 0.1) is 5.92 Å². The zero-order valence-electron chi connectivity index (χ0n) is 12.4. The smallest absolute Gasteiger partial charge is 0.0233 e. The van der Waals surface area contributed by atoms with Crippen molar-refractivity contribution in [2.45, 2.75) is 58.2 Å². The van der Waals surface area contributed by atoms with Crippen LogP contribution >= 0.6 is 0 Å². The second-order valence-electron chi connectivity index (χ2n) is 6.02. The molecule has 1 aromatic rings. The predicted octanol–water partition coefficient (Wildman–Crippen LogP) is 3.55. The molecule has 0 radical (unpaired) electrons. The Labute approximate surface area is 118 Å². The van der Waals surface area contributed by atoms with Crippen molar-refractivity contribution in [1.29, 1.82) is 0 Å². The van der Waals surface area contributed by atoms with Gasteiger partial charge in [0.25, 0.3) is 0 Å². The van der Waals surface area contributed by atoms with Gasteiger partial charge in [-0.3, -0.25) is 4.90 Å². The third-order valence-electron chi connectivity index (χ3n) is 4.71. The molecule has 2 nitrogen and oxygen atoms in total. The van der Waals surface area contributed by atoms with Crippen LogP contribution in [0.3, 0.4) is 0 Å². The van der Waals surface area contributed by atoms with Crippen LogP contribution in [0.15, 0.2) is 24.3 Å². The van der Waals surface area contributed by atoms with Crippen molar-refractivity contribution in [3.8, 4) is 0 Å². The summed E-state index contributed by atoms with van der Waals surface area (Å²) in [6.07, 6.45) is 6.93. The molecule has 1 aromatic carbocycles. The molecule has 2 heteroatoms. The fourth-order valence-electron chi connectivity index (χ4n) is 3.19. The molecular weight excluding hydrogens is 232 g/mol. The summed E-state index contributed by atoms with van der Waals surface area (Å²) < 4.78 is 0. The van der Waals surface area contributed by atoms with Crippen LogP contribution in [0.4, 0.5) is 0 Å². The Hall–Kier alpha value is -0.860. The second-order valence-corrected chi connectivity index (χ2v) is 6.02. The van der Waals surface area contributed by atoms with Crippen molar-refractivity contribution < 1.29 is 0 Å². The van der Waals surface area contributed by atoms with Crippen molar-refractivity contribution in [3.05, 3.63) is 35.4 Å². The van der Waals surface area contributed by atoms with Crippen molar-refractivity contribution in [2.75, 3.05) is 7.05 Å². The Bertz CT molecular complexity index is 363. The number of hydrogen-bond donors (Lipinski definition) is 1. The first-order valence-corrected chi connectivity index (χ1v) is 7.71. The average Bonchev–Trinajstić information content (AvgIpc) is 2.48. The molecule has 0 amide bonds. The quantitative estimate of drug-likeness (QED) is 0.877. The maximum Gasteiger partial charge on any atom is 0.0233 e. The van der Waals surface area contributed by atoms with E-state index in [0.717, 1.165) is 18.5 Å². The molecule has 1 aliphatic carbocycles. The fraction of sp³-hybridized carbons (Fsp3) is 0.647. The minimum Gasteiger partial charge on any atom is -0.326 e. The van der Waals surface area contributed by atoms with Crippen LogP contribution in [-0.2, 0) is 13.1 Å². The second kappa shape index (κ2) is 7.06. The fourth-order valence-corrected chi connectivity index (χ4v) is 3.19. The van der Waals surface area contributed by atoms with Gasteiger partial charge >= 0.3 is 0 Å². The van der Waals surface area contributed by atoms with Crippen molar-refractivity contribution in [3.63, 3.8) is 0 Å². The molecule has 19 heavy (non-hydrogen) atoms. The Morgan fingerprint density at radius 2 is 1.63 bits per heavy atom. The largest absolute Gasteiger partial charge is 0.326 e. The SMILES string of the molecule is CCC1CCC(N(C)Cc2ccc(CN)cc2)CC1. The van der Waals surface area contributed by atoms with Gasteiger partial charge in [0.05, 0.1) is 0 Å². The average molecular weight is 260 g/mol. The first-order valence-electron chi connectivity index (χ1n) is 7.71. The molecule has 0 spiro atoms. The van der Waals surface area contributed by atoms with E-state index in [9.17, 15) is 0 Å². The summed E-state index contributed by atoms with van der Waals surface area (Å²) in [6, 6.07) is 9.51. The summed E-state index contributed by atoms with van der Waals surface area (Å²) in [4.78, 5) is 2.53. The van der Waals surface area contributed by atoms with Gasteiger partial charge in [0.2, 0.25) is 0 Å². The summed E-state index contributed by atoms with van der Waals surface area (Å²) in [5.41, 5.74) is 8.25. The lowest BCUT2D eigenvalue weighted by Crippen LogP contribution is -2.34. The van der Waals surface area contributed by atoms with E-state index in [1.807, 2.05) is 0 Å². The van der Waals surface area contributed by atoms with E-state index in [1.54, 1.807) is 0 Å². The van der Waals surface area contributed by atoms with Gasteiger partial charge in [0, 0.05) is 19.1 Å². The van der Waals surface area contributed by atoms with Gasteiger partial charge in [0.1, 0.15) is 0 Å². The van der Waals surface area contributed by atoms with Crippen molar-refractivity contribution in [2.24, 2.45) is 11.7 Å². The Morgan fingerprint density at radius 1 is 1.05 bits per heavy atom. The van der Waals surface area contributed by atoms with Crippen molar-refractivity contribution >= 4 is 0 Å². The standard InChI is InChI=1S/C17H28N2/c1-3-14-8-10-17(11-9-14)19(2)13-16-6-4-15(12-18)5-7-16/h4-7,14,17H,3,8-13,18H2,1-2H3. The summed E-state index contributed by atoms with van der Waals surface area (Å²) in [7, 11) is 2.27. The minimum atomic E-state index is 0.636. The van der Waals surface area contributed by atoms with E-state index in [2.05, 4.69) is 43.1 Å². The summed E-state index contributed by atoms with van der Waals surface area (Å²) in [6.45, 7) is 4.02. The van der Waals surface area contributed by atoms with Crippen LogP contribution < -0.4 is 5.73 Å². The van der Waals surface area contributed by atoms with Gasteiger partial charge in [-0.25, -0.2) is 0 Å². The van der Waals surface area contributed by atoms with E-state index in [0.29, 0.717) is 6.54 Å². The summed E-state index contributed by atoms with van der Waals surface area (Å²) in [5, 5.41) is 0. The Kier molecular flexibility index (Phi) is 5.41. The molecule has 1 fully saturated rings. The highest BCUT2D eigenvalue weighted by atomic mass is 15.1. The zero-order valence-corrected chi connectivity index (χ0v) is 12.4. The van der Waals surface area contributed by atoms with E-state index in [-0.39, 0.29) is 0 Å². The van der Waals surface area contributed by atoms with Gasteiger partial charge in [-0.2, -0.15) is 0 Å². The molecule has 2 rings (SSSR count). The third kappa shape index (κ3) is 4.05. The molecule has 0 heterocycles. The van der Waals surface area contributed by atoms with E-state index >= 15 is 0 Å². The lowest BCUT2D eigenvalue weighted by molar-refractivity contribution is 0.157. The van der Waals surface area contributed by atoms with Crippen LogP contribution in [0.25, 0.3) is 0 Å². The molecular formula is C17H28N2. The molecule has 0 unspecified atom stereocenters. The third-order valence-corrected chi connectivity index (χ3v) is 4.71. The molecule has 0 saturated heterocycles. The molecule has 2 N–H and O–H groups in total. The first-order chi connectivity index (χ1) is 9.22. The van der Waals surface area contributed by atoms with E-state index in [1.165, 1.54) is 43.2 Å². The molecule has 0 aliphatic heterocycles. The van der Waals surface area contributed by atoms with Crippen molar-refractivity contribution in [1.82, 2.24) is 4.90 Å². The summed E-state index contributed by atoms with van der Waals surface area (Å²) >= 11 is 0. The Balaban J connectivity index is 1.84. The monoisotopic (exact) mass is 260 g/mol. The van der Waals surface area contributed by atoms with E-state index < -0.39 is 0 Å². The van der Waals surface area contributed by atoms with Gasteiger partial charge in [-0.15, -0.1) is 0 Å². The number of nitrogens with zero attached hydrogens (tertiary/aromatic N) is 1. The van der Waals surface area contributed by atoms with Crippen LogP contribution in [0.2, 0.25) is 0 Å². The lowest BCUT2D eigenvalue weighted by Gasteiger charge is -2.34. The summed E-state index contributed by atoms with van der Waals surface area (Å²) in [5.74, 6) is 0.980. The lowest BCUT2D eigenvalue weighted by atomic mass is 9.84. The van der Waals surface area contributed by atoms with Crippen LogP contribution in [0.1, 0.15) is 50.2 Å². The van der Waals surface area contributed by atoms with Gasteiger partial charge in [0.15, 0.2) is 0 Å². The highest BCUT2D eigenvalue weighted by Crippen LogP contribution is 2.29. The molecule has 1 saturated carbocycles. The van der Waals surface area contributed by atoms with Crippen LogP contribution in [0.5, 0.6) is 0 Å². The molecule has 106 valence electrons. The van der Waals surface area contributed by atoms with Gasteiger partial charge in [-0.1, -0.05) is 37.6 Å². The topological polar surface area (TPSA) is 29.3 Å². The van der Waals surface area contributed by atoms with E-state index in [4.69, 9.17) is 5.73 Å². The number of rotatable bonds is 5. The maximum absolute atomic E-state index is 5.63. The van der Waals surface area contributed by atoms with Gasteiger partial charge in [-0.05, 0) is 49.8 Å². The first kappa shape index (κ1) is 14.5. The molecule has 0 bridgehead atoms. The number of nitrogens with two attached hydrogens (primary N) is 1. The highest BCUT2D eigenvalue weighted by Gasteiger charge is 2.22. The van der Waals surface area contributed by atoms with Crippen LogP contribution in [-0.4, -0.2) is 18.0 Å². The van der Waals surface area contributed by atoms with Gasteiger partial charge < -0.3 is 5.73 Å². The Morgan fingerprint density at radius 3 is 2.16 bits per heavy atom. The predicted molar refractivity (Wildman–Crippen MR) is 81.8 cm³/mol. The molecule has 0 atom stereocenters. The normalized spacial score (nSPS) is 23.8. The molecule has 1 aliphatic rings.